The summed E-state index contributed by atoms with van der Waals surface area (Å²) < 4.78 is 13.3. The van der Waals surface area contributed by atoms with Crippen LogP contribution in [0.2, 0.25) is 0 Å². The van der Waals surface area contributed by atoms with Gasteiger partial charge in [0, 0.05) is 18.4 Å². The number of anilines is 1. The molecule has 0 amide bonds. The van der Waals surface area contributed by atoms with Gasteiger partial charge in [-0.05, 0) is 45.7 Å². The fourth-order valence-electron chi connectivity index (χ4n) is 2.56. The number of hydrogen-bond acceptors (Lipinski definition) is 5. The maximum Gasteiger partial charge on any atom is 0.121 e. The molecule has 3 rings (SSSR count). The van der Waals surface area contributed by atoms with Crippen molar-refractivity contribution >= 4 is 5.69 Å². The second-order valence-corrected chi connectivity index (χ2v) is 7.15. The molecule has 1 N–H and O–H groups in total. The minimum absolute atomic E-state index is 0.0542. The Hall–Kier alpha value is -2.08. The van der Waals surface area contributed by atoms with Crippen molar-refractivity contribution in [3.8, 4) is 5.75 Å². The summed E-state index contributed by atoms with van der Waals surface area (Å²) in [7, 11) is 0. The third-order valence-electron chi connectivity index (χ3n) is 4.00. The highest BCUT2D eigenvalue weighted by Gasteiger charge is 2.16. The Morgan fingerprint density at radius 1 is 1.38 bits per heavy atom. The molecule has 0 radical (unpaired) electrons. The third kappa shape index (κ3) is 4.47. The van der Waals surface area contributed by atoms with Crippen LogP contribution in [0.4, 0.5) is 5.69 Å². The Labute approximate surface area is 143 Å². The monoisotopic (exact) mass is 330 g/mol. The van der Waals surface area contributed by atoms with Gasteiger partial charge in [0.1, 0.15) is 18.1 Å². The van der Waals surface area contributed by atoms with Crippen LogP contribution in [0.3, 0.4) is 0 Å². The van der Waals surface area contributed by atoms with Crippen molar-refractivity contribution in [2.75, 3.05) is 18.5 Å². The number of aromatic nitrogens is 3. The molecule has 0 bridgehead atoms. The van der Waals surface area contributed by atoms with Crippen LogP contribution in [0.5, 0.6) is 5.75 Å². The quantitative estimate of drug-likeness (QED) is 0.881. The molecule has 0 saturated carbocycles. The van der Waals surface area contributed by atoms with Crippen molar-refractivity contribution in [1.82, 2.24) is 15.0 Å². The lowest BCUT2D eigenvalue weighted by atomic mass is 10.1. The van der Waals surface area contributed by atoms with Gasteiger partial charge >= 0.3 is 0 Å². The van der Waals surface area contributed by atoms with Crippen LogP contribution in [-0.2, 0) is 16.8 Å². The number of benzene rings is 1. The van der Waals surface area contributed by atoms with E-state index in [1.165, 1.54) is 0 Å². The van der Waals surface area contributed by atoms with Crippen LogP contribution < -0.4 is 10.1 Å². The van der Waals surface area contributed by atoms with Gasteiger partial charge in [0.25, 0.3) is 0 Å². The molecule has 1 unspecified atom stereocenters. The van der Waals surface area contributed by atoms with Crippen molar-refractivity contribution in [3.05, 3.63) is 36.2 Å². The summed E-state index contributed by atoms with van der Waals surface area (Å²) >= 11 is 0. The highest BCUT2D eigenvalue weighted by Crippen LogP contribution is 2.20. The molecule has 0 spiro atoms. The molecule has 130 valence electrons. The summed E-state index contributed by atoms with van der Waals surface area (Å²) in [5, 5.41) is 11.8. The molecule has 1 atom stereocenters. The van der Waals surface area contributed by atoms with E-state index in [0.29, 0.717) is 13.2 Å². The van der Waals surface area contributed by atoms with Crippen molar-refractivity contribution in [1.29, 1.82) is 0 Å². The largest absolute Gasteiger partial charge is 0.491 e. The SMILES string of the molecule is CC(C)(C)n1cc(CNc2cccc(OCC3CCCO3)c2)nn1. The maximum absolute atomic E-state index is 5.83. The van der Waals surface area contributed by atoms with Gasteiger partial charge in [-0.2, -0.15) is 0 Å². The molecule has 2 aromatic rings. The number of hydrogen-bond donors (Lipinski definition) is 1. The fraction of sp³-hybridized carbons (Fsp3) is 0.556. The van der Waals surface area contributed by atoms with Crippen molar-refractivity contribution in [2.24, 2.45) is 0 Å². The van der Waals surface area contributed by atoms with Crippen molar-refractivity contribution in [3.63, 3.8) is 0 Å². The first-order valence-electron chi connectivity index (χ1n) is 8.51. The van der Waals surface area contributed by atoms with E-state index in [-0.39, 0.29) is 11.6 Å². The fourth-order valence-corrected chi connectivity index (χ4v) is 2.56. The molecular weight excluding hydrogens is 304 g/mol. The van der Waals surface area contributed by atoms with E-state index in [9.17, 15) is 0 Å². The third-order valence-corrected chi connectivity index (χ3v) is 4.00. The molecule has 1 aliphatic heterocycles. The first-order valence-corrected chi connectivity index (χ1v) is 8.51. The molecular formula is C18H26N4O2. The molecule has 1 aliphatic rings. The number of nitrogens with zero attached hydrogens (tertiary/aromatic N) is 3. The molecule has 1 aromatic carbocycles. The zero-order valence-electron chi connectivity index (χ0n) is 14.7. The van der Waals surface area contributed by atoms with Gasteiger partial charge in [-0.15, -0.1) is 5.10 Å². The van der Waals surface area contributed by atoms with Crippen molar-refractivity contribution in [2.45, 2.75) is 51.8 Å². The molecule has 1 saturated heterocycles. The zero-order chi connectivity index (χ0) is 17.0. The van der Waals surface area contributed by atoms with Crippen LogP contribution in [0.25, 0.3) is 0 Å². The van der Waals surface area contributed by atoms with E-state index < -0.39 is 0 Å². The predicted octanol–water partition coefficient (Wildman–Crippen LogP) is 3.20. The van der Waals surface area contributed by atoms with E-state index in [1.54, 1.807) is 0 Å². The van der Waals surface area contributed by atoms with Crippen molar-refractivity contribution < 1.29 is 9.47 Å². The van der Waals surface area contributed by atoms with Crippen LogP contribution in [0.15, 0.2) is 30.5 Å². The Kier molecular flexibility index (Phi) is 5.04. The number of rotatable bonds is 6. The highest BCUT2D eigenvalue weighted by molar-refractivity contribution is 5.48. The molecule has 6 heteroatoms. The lowest BCUT2D eigenvalue weighted by Gasteiger charge is -2.17. The van der Waals surface area contributed by atoms with Gasteiger partial charge < -0.3 is 14.8 Å². The first-order chi connectivity index (χ1) is 11.5. The topological polar surface area (TPSA) is 61.2 Å². The van der Waals surface area contributed by atoms with Gasteiger partial charge in [0.05, 0.1) is 24.4 Å². The summed E-state index contributed by atoms with van der Waals surface area (Å²) in [6.07, 6.45) is 4.42. The summed E-state index contributed by atoms with van der Waals surface area (Å²) in [5.41, 5.74) is 1.86. The minimum atomic E-state index is -0.0542. The van der Waals surface area contributed by atoms with E-state index >= 15 is 0 Å². The van der Waals surface area contributed by atoms with Gasteiger partial charge in [-0.1, -0.05) is 11.3 Å². The Morgan fingerprint density at radius 3 is 2.96 bits per heavy atom. The van der Waals surface area contributed by atoms with E-state index in [4.69, 9.17) is 9.47 Å². The van der Waals surface area contributed by atoms with Crippen LogP contribution in [-0.4, -0.2) is 34.3 Å². The highest BCUT2D eigenvalue weighted by atomic mass is 16.5. The predicted molar refractivity (Wildman–Crippen MR) is 93.3 cm³/mol. The van der Waals surface area contributed by atoms with E-state index in [0.717, 1.165) is 36.6 Å². The average Bonchev–Trinajstić information content (AvgIpc) is 3.22. The van der Waals surface area contributed by atoms with Crippen LogP contribution >= 0.6 is 0 Å². The Balaban J connectivity index is 1.53. The number of ether oxygens (including phenoxy) is 2. The molecule has 2 heterocycles. The minimum Gasteiger partial charge on any atom is -0.491 e. The Bertz CT molecular complexity index is 657. The maximum atomic E-state index is 5.83. The van der Waals surface area contributed by atoms with E-state index in [1.807, 2.05) is 35.1 Å². The Morgan fingerprint density at radius 2 is 2.25 bits per heavy atom. The first kappa shape index (κ1) is 16.8. The smallest absolute Gasteiger partial charge is 0.121 e. The lowest BCUT2D eigenvalue weighted by Crippen LogP contribution is -2.22. The van der Waals surface area contributed by atoms with Gasteiger partial charge in [0.15, 0.2) is 0 Å². The second kappa shape index (κ2) is 7.21. The van der Waals surface area contributed by atoms with Gasteiger partial charge in [-0.3, -0.25) is 0 Å². The number of nitrogens with one attached hydrogen (secondary N) is 1. The van der Waals surface area contributed by atoms with Gasteiger partial charge in [0.2, 0.25) is 0 Å². The average molecular weight is 330 g/mol. The second-order valence-electron chi connectivity index (χ2n) is 7.15. The lowest BCUT2D eigenvalue weighted by molar-refractivity contribution is 0.0680. The molecule has 0 aliphatic carbocycles. The summed E-state index contributed by atoms with van der Waals surface area (Å²) in [5.74, 6) is 0.855. The molecule has 24 heavy (non-hydrogen) atoms. The molecule has 1 fully saturated rings. The van der Waals surface area contributed by atoms with Crippen LogP contribution in [0.1, 0.15) is 39.3 Å². The molecule has 6 nitrogen and oxygen atoms in total. The molecule has 1 aromatic heterocycles. The summed E-state index contributed by atoms with van der Waals surface area (Å²) in [4.78, 5) is 0. The van der Waals surface area contributed by atoms with Gasteiger partial charge in [-0.25, -0.2) is 4.68 Å². The zero-order valence-corrected chi connectivity index (χ0v) is 14.7. The summed E-state index contributed by atoms with van der Waals surface area (Å²) in [6.45, 7) is 8.41. The van der Waals surface area contributed by atoms with Crippen LogP contribution in [0, 0.1) is 0 Å². The standard InChI is InChI=1S/C18H26N4O2/c1-18(2,3)22-12-15(20-21-22)11-19-14-6-4-7-16(10-14)24-13-17-8-5-9-23-17/h4,6-7,10,12,17,19H,5,8-9,11,13H2,1-3H3. The van der Waals surface area contributed by atoms with E-state index in [2.05, 4.69) is 36.4 Å². The summed E-state index contributed by atoms with van der Waals surface area (Å²) in [6, 6.07) is 7.98. The normalized spacial score (nSPS) is 17.9.